The minimum Gasteiger partial charge on any atom is -0.359 e. The number of carbonyl (C=O) groups is 3. The predicted molar refractivity (Wildman–Crippen MR) is 145 cm³/mol. The average Bonchev–Trinajstić information content (AvgIpc) is 3.57. The summed E-state index contributed by atoms with van der Waals surface area (Å²) in [6.45, 7) is 0.457. The van der Waals surface area contributed by atoms with Gasteiger partial charge in [0.25, 0.3) is 0 Å². The molecule has 1 aromatic carbocycles. The highest BCUT2D eigenvalue weighted by Gasteiger charge is 2.72. The third-order valence-corrected chi connectivity index (χ3v) is 9.30. The molecule has 0 radical (unpaired) electrons. The molecule has 6 rings (SSSR count). The molecule has 202 valence electrons. The zero-order valence-electron chi connectivity index (χ0n) is 21.7. The molecule has 3 heterocycles. The Bertz CT molecular complexity index is 1160. The van der Waals surface area contributed by atoms with Gasteiger partial charge in [-0.2, -0.15) is 0 Å². The molecule has 1 aromatic rings. The van der Waals surface area contributed by atoms with E-state index in [2.05, 4.69) is 16.7 Å². The highest BCUT2D eigenvalue weighted by Crippen LogP contribution is 2.55. The number of fused-ring (bicyclic) bond motifs is 1. The standard InChI is InChI=1S/C30H36ClN3O4/c31-20-11-13-22(14-12-20)32-27(35)24-23-15-17-30(38-23)25(24)29(37)34(18-16-19-7-3-1-4-8-19)26(30)28(36)33-21-9-5-2-6-10-21/h7,11-15,17,21,23-26H,1-6,8-10,16,18H2,(H,32,35)(H,33,36)/t23-,24+,25-,26+,30-/m0/s1. The van der Waals surface area contributed by atoms with Crippen LogP contribution in [0.1, 0.15) is 64.2 Å². The third kappa shape index (κ3) is 4.58. The third-order valence-electron chi connectivity index (χ3n) is 9.05. The van der Waals surface area contributed by atoms with Crippen LogP contribution in [0.4, 0.5) is 5.69 Å². The van der Waals surface area contributed by atoms with Crippen LogP contribution in [-0.2, 0) is 19.1 Å². The van der Waals surface area contributed by atoms with Crippen LogP contribution in [0.3, 0.4) is 0 Å². The van der Waals surface area contributed by atoms with E-state index in [1.807, 2.05) is 12.2 Å². The van der Waals surface area contributed by atoms with Crippen LogP contribution in [-0.4, -0.2) is 53.0 Å². The minimum atomic E-state index is -1.12. The van der Waals surface area contributed by atoms with Crippen molar-refractivity contribution in [3.05, 3.63) is 53.1 Å². The fraction of sp³-hybridized carbons (Fsp3) is 0.567. The lowest BCUT2D eigenvalue weighted by Gasteiger charge is -2.34. The fourth-order valence-electron chi connectivity index (χ4n) is 7.19. The molecule has 5 atom stereocenters. The molecule has 1 spiro atoms. The fourth-order valence-corrected chi connectivity index (χ4v) is 7.32. The van der Waals surface area contributed by atoms with Gasteiger partial charge in [-0.1, -0.05) is 54.7 Å². The molecule has 2 aliphatic carbocycles. The molecule has 7 nitrogen and oxygen atoms in total. The van der Waals surface area contributed by atoms with Gasteiger partial charge in [-0.3, -0.25) is 14.4 Å². The number of rotatable bonds is 7. The van der Waals surface area contributed by atoms with E-state index in [-0.39, 0.29) is 23.8 Å². The molecule has 0 aromatic heterocycles. The van der Waals surface area contributed by atoms with Gasteiger partial charge in [0.15, 0.2) is 0 Å². The number of amides is 3. The number of halogens is 1. The minimum absolute atomic E-state index is 0.122. The summed E-state index contributed by atoms with van der Waals surface area (Å²) in [5.74, 6) is -2.02. The van der Waals surface area contributed by atoms with Crippen molar-refractivity contribution in [2.45, 2.75) is 88.0 Å². The van der Waals surface area contributed by atoms with E-state index in [1.165, 1.54) is 24.8 Å². The first-order valence-electron chi connectivity index (χ1n) is 14.2. The maximum Gasteiger partial charge on any atom is 0.246 e. The van der Waals surface area contributed by atoms with E-state index >= 15 is 0 Å². The number of anilines is 1. The zero-order valence-corrected chi connectivity index (χ0v) is 22.4. The summed E-state index contributed by atoms with van der Waals surface area (Å²) in [6.07, 6.45) is 16.0. The van der Waals surface area contributed by atoms with Crippen molar-refractivity contribution in [3.63, 3.8) is 0 Å². The molecule has 3 aliphatic heterocycles. The largest absolute Gasteiger partial charge is 0.359 e. The van der Waals surface area contributed by atoms with E-state index in [4.69, 9.17) is 16.3 Å². The molecule has 38 heavy (non-hydrogen) atoms. The first kappa shape index (κ1) is 25.6. The van der Waals surface area contributed by atoms with E-state index < -0.39 is 29.6 Å². The topological polar surface area (TPSA) is 87.7 Å². The Labute approximate surface area is 229 Å². The Morgan fingerprint density at radius 3 is 2.58 bits per heavy atom. The quantitative estimate of drug-likeness (QED) is 0.490. The number of ether oxygens (including phenoxy) is 1. The second-order valence-corrected chi connectivity index (χ2v) is 11.9. The van der Waals surface area contributed by atoms with Crippen molar-refractivity contribution in [1.29, 1.82) is 0 Å². The zero-order chi connectivity index (χ0) is 26.3. The maximum atomic E-state index is 14.1. The smallest absolute Gasteiger partial charge is 0.246 e. The monoisotopic (exact) mass is 537 g/mol. The van der Waals surface area contributed by atoms with Gasteiger partial charge >= 0.3 is 0 Å². The molecule has 2 bridgehead atoms. The molecule has 0 unspecified atom stereocenters. The lowest BCUT2D eigenvalue weighted by Crippen LogP contribution is -2.56. The van der Waals surface area contributed by atoms with Crippen molar-refractivity contribution >= 4 is 35.0 Å². The molecule has 2 N–H and O–H groups in total. The van der Waals surface area contributed by atoms with Crippen LogP contribution in [0.5, 0.6) is 0 Å². The van der Waals surface area contributed by atoms with Crippen molar-refractivity contribution in [2.75, 3.05) is 11.9 Å². The second kappa shape index (κ2) is 10.5. The van der Waals surface area contributed by atoms with Crippen LogP contribution in [0.15, 0.2) is 48.1 Å². The van der Waals surface area contributed by atoms with Gasteiger partial charge in [0.2, 0.25) is 17.7 Å². The Morgan fingerprint density at radius 2 is 1.84 bits per heavy atom. The number of carbonyl (C=O) groups excluding carboxylic acids is 3. The summed E-state index contributed by atoms with van der Waals surface area (Å²) in [7, 11) is 0. The van der Waals surface area contributed by atoms with Gasteiger partial charge in [0.05, 0.1) is 17.9 Å². The average molecular weight is 538 g/mol. The normalized spacial score (nSPS) is 32.3. The van der Waals surface area contributed by atoms with Gasteiger partial charge in [-0.15, -0.1) is 0 Å². The highest BCUT2D eigenvalue weighted by molar-refractivity contribution is 6.30. The number of nitrogens with one attached hydrogen (secondary N) is 2. The number of allylic oxidation sites excluding steroid dienone is 1. The van der Waals surface area contributed by atoms with Crippen molar-refractivity contribution in [2.24, 2.45) is 11.8 Å². The van der Waals surface area contributed by atoms with E-state index in [1.54, 1.807) is 29.2 Å². The lowest BCUT2D eigenvalue weighted by molar-refractivity contribution is -0.141. The predicted octanol–water partition coefficient (Wildman–Crippen LogP) is 4.77. The number of hydrogen-bond donors (Lipinski definition) is 2. The Hall–Kier alpha value is -2.64. The number of likely N-dealkylation sites (tertiary alicyclic amines) is 1. The molecule has 5 aliphatic rings. The van der Waals surface area contributed by atoms with Gasteiger partial charge < -0.3 is 20.3 Å². The van der Waals surface area contributed by atoms with E-state index in [0.717, 1.165) is 44.9 Å². The SMILES string of the molecule is O=C(Nc1ccc(Cl)cc1)[C@@H]1[C@@H]2C=C[C@]3(O2)[C@@H]1C(=O)N(CCC1=CCCCC1)[C@@H]3C(=O)NC1CCCCC1. The van der Waals surface area contributed by atoms with Crippen molar-refractivity contribution in [1.82, 2.24) is 10.2 Å². The van der Waals surface area contributed by atoms with Crippen LogP contribution >= 0.6 is 11.6 Å². The van der Waals surface area contributed by atoms with Crippen molar-refractivity contribution in [3.8, 4) is 0 Å². The molecule has 1 saturated carbocycles. The summed E-state index contributed by atoms with van der Waals surface area (Å²) in [5, 5.41) is 6.77. The number of nitrogens with zero attached hydrogens (tertiary/aromatic N) is 1. The molecule has 2 saturated heterocycles. The molecular weight excluding hydrogens is 502 g/mol. The Kier molecular flexibility index (Phi) is 7.08. The lowest BCUT2D eigenvalue weighted by atomic mass is 9.74. The molecule has 3 amide bonds. The maximum absolute atomic E-state index is 14.1. The summed E-state index contributed by atoms with van der Waals surface area (Å²) >= 11 is 6.00. The van der Waals surface area contributed by atoms with E-state index in [0.29, 0.717) is 17.3 Å². The van der Waals surface area contributed by atoms with Crippen LogP contribution < -0.4 is 10.6 Å². The van der Waals surface area contributed by atoms with Gasteiger partial charge in [-0.25, -0.2) is 0 Å². The molecule has 8 heteroatoms. The number of benzene rings is 1. The van der Waals surface area contributed by atoms with Crippen LogP contribution in [0.25, 0.3) is 0 Å². The van der Waals surface area contributed by atoms with E-state index in [9.17, 15) is 14.4 Å². The van der Waals surface area contributed by atoms with Gasteiger partial charge in [0.1, 0.15) is 11.6 Å². The van der Waals surface area contributed by atoms with Gasteiger partial charge in [0, 0.05) is 23.3 Å². The Balaban J connectivity index is 1.27. The summed E-state index contributed by atoms with van der Waals surface area (Å²) in [6, 6.07) is 6.24. The molecular formula is C30H36ClN3O4. The summed E-state index contributed by atoms with van der Waals surface area (Å²) in [4.78, 5) is 43.2. The van der Waals surface area contributed by atoms with Crippen LogP contribution in [0.2, 0.25) is 5.02 Å². The first-order valence-corrected chi connectivity index (χ1v) is 14.6. The molecule has 3 fully saturated rings. The van der Waals surface area contributed by atoms with Gasteiger partial charge in [-0.05, 0) is 69.2 Å². The summed E-state index contributed by atoms with van der Waals surface area (Å²) < 4.78 is 6.46. The number of hydrogen-bond acceptors (Lipinski definition) is 4. The first-order chi connectivity index (χ1) is 18.5. The Morgan fingerprint density at radius 1 is 1.05 bits per heavy atom. The van der Waals surface area contributed by atoms with Crippen LogP contribution in [0, 0.1) is 11.8 Å². The highest BCUT2D eigenvalue weighted by atomic mass is 35.5. The van der Waals surface area contributed by atoms with Crippen molar-refractivity contribution < 1.29 is 19.1 Å². The summed E-state index contributed by atoms with van der Waals surface area (Å²) in [5.41, 5.74) is 0.838. The second-order valence-electron chi connectivity index (χ2n) is 11.4.